The second-order valence-electron chi connectivity index (χ2n) is 4.60. The van der Waals surface area contributed by atoms with Crippen LogP contribution in [0.25, 0.3) is 0 Å². The third kappa shape index (κ3) is 4.08. The molecule has 2 aromatic carbocycles. The fourth-order valence-electron chi connectivity index (χ4n) is 1.79. The van der Waals surface area contributed by atoms with E-state index < -0.39 is 4.21 Å². The summed E-state index contributed by atoms with van der Waals surface area (Å²) >= 11 is 9.80. The van der Waals surface area contributed by atoms with E-state index in [2.05, 4.69) is 22.6 Å². The van der Waals surface area contributed by atoms with Crippen LogP contribution in [0.15, 0.2) is 42.5 Å². The van der Waals surface area contributed by atoms with Crippen molar-refractivity contribution in [3.8, 4) is 11.5 Å². The van der Waals surface area contributed by atoms with Crippen molar-refractivity contribution in [2.75, 3.05) is 7.11 Å². The van der Waals surface area contributed by atoms with Crippen LogP contribution in [0.5, 0.6) is 11.5 Å². The first-order valence-electron chi connectivity index (χ1n) is 6.41. The van der Waals surface area contributed by atoms with E-state index in [0.717, 1.165) is 27.5 Å². The molecule has 1 unspecified atom stereocenters. The summed E-state index contributed by atoms with van der Waals surface area (Å²) in [4.78, 5) is 10.9. The summed E-state index contributed by atoms with van der Waals surface area (Å²) in [5.41, 5.74) is 1.48. The Bertz CT molecular complexity index is 662. The van der Waals surface area contributed by atoms with Crippen LogP contribution in [0.3, 0.4) is 0 Å². The number of methoxy groups -OCH3 is 1. The first-order chi connectivity index (χ1) is 10.5. The maximum Gasteiger partial charge on any atom is 0.192 e. The highest BCUT2D eigenvalue weighted by Gasteiger charge is 2.27. The number of hydrogen-bond donors (Lipinski definition) is 0. The van der Waals surface area contributed by atoms with E-state index >= 15 is 0 Å². The number of carbonyl (C=O) groups excluding carboxylic acids is 1. The number of carbonyl (C=O) groups is 1. The second-order valence-corrected chi connectivity index (χ2v) is 7.89. The van der Waals surface area contributed by atoms with Crippen LogP contribution in [0, 0.1) is 3.57 Å². The summed E-state index contributed by atoms with van der Waals surface area (Å²) in [6.07, 6.45) is 0.775. The lowest BCUT2D eigenvalue weighted by Crippen LogP contribution is -2.10. The van der Waals surface area contributed by atoms with Gasteiger partial charge < -0.3 is 8.92 Å². The molecule has 0 bridgehead atoms. The molecule has 0 aliphatic heterocycles. The van der Waals surface area contributed by atoms with Crippen LogP contribution < -0.4 is 8.92 Å². The molecule has 0 saturated heterocycles. The minimum Gasteiger partial charge on any atom is -0.493 e. The van der Waals surface area contributed by atoms with E-state index in [1.54, 1.807) is 12.1 Å². The minimum atomic E-state index is -0.737. The van der Waals surface area contributed by atoms with Gasteiger partial charge in [-0.2, -0.15) is 0 Å². The predicted octanol–water partition coefficient (Wildman–Crippen LogP) is 5.25. The molecule has 116 valence electrons. The van der Waals surface area contributed by atoms with Gasteiger partial charge in [-0.1, -0.05) is 41.9 Å². The third-order valence-electron chi connectivity index (χ3n) is 2.96. The van der Waals surface area contributed by atoms with Gasteiger partial charge in [0.2, 0.25) is 0 Å². The second kappa shape index (κ2) is 7.57. The average Bonchev–Trinajstić information content (AvgIpc) is 2.53. The summed E-state index contributed by atoms with van der Waals surface area (Å²) in [5, 5.41) is 0. The largest absolute Gasteiger partial charge is 0.493 e. The molecule has 0 saturated carbocycles. The zero-order chi connectivity index (χ0) is 16.2. The van der Waals surface area contributed by atoms with Crippen LogP contribution >= 0.6 is 46.2 Å². The summed E-state index contributed by atoms with van der Waals surface area (Å²) in [6, 6.07) is 13.1. The Hall–Kier alpha value is -0.920. The number of aldehydes is 1. The van der Waals surface area contributed by atoms with Crippen molar-refractivity contribution in [1.29, 1.82) is 0 Å². The molecule has 0 N–H and O–H groups in total. The van der Waals surface area contributed by atoms with Gasteiger partial charge in [0.25, 0.3) is 0 Å². The summed E-state index contributed by atoms with van der Waals surface area (Å²) in [5.74, 6) is 1.06. The quantitative estimate of drug-likeness (QED) is 0.262. The fourth-order valence-corrected chi connectivity index (χ4v) is 3.54. The molecule has 0 aliphatic rings. The number of rotatable bonds is 6. The molecule has 0 aliphatic carbocycles. The van der Waals surface area contributed by atoms with Gasteiger partial charge in [-0.3, -0.25) is 4.79 Å². The SMILES string of the molecule is COc1cc(C=O)cc(I)c1OSC(C)(Cl)c1ccccc1. The topological polar surface area (TPSA) is 35.5 Å². The minimum absolute atomic E-state index is 0.502. The lowest BCUT2D eigenvalue weighted by molar-refractivity contribution is 0.112. The Morgan fingerprint density at radius 3 is 2.55 bits per heavy atom. The van der Waals surface area contributed by atoms with Gasteiger partial charge in [-0.05, 0) is 47.2 Å². The molecule has 22 heavy (non-hydrogen) atoms. The first kappa shape index (κ1) is 17.4. The van der Waals surface area contributed by atoms with Gasteiger partial charge in [-0.15, -0.1) is 0 Å². The monoisotopic (exact) mass is 448 g/mol. The zero-order valence-electron chi connectivity index (χ0n) is 12.0. The van der Waals surface area contributed by atoms with Crippen LogP contribution in [0.4, 0.5) is 0 Å². The fraction of sp³-hybridized carbons (Fsp3) is 0.188. The van der Waals surface area contributed by atoms with Crippen LogP contribution in [-0.4, -0.2) is 13.4 Å². The highest BCUT2D eigenvalue weighted by molar-refractivity contribution is 14.1. The van der Waals surface area contributed by atoms with Gasteiger partial charge in [0.1, 0.15) is 10.5 Å². The van der Waals surface area contributed by atoms with E-state index in [0.29, 0.717) is 17.1 Å². The lowest BCUT2D eigenvalue weighted by atomic mass is 10.2. The number of alkyl halides is 1. The van der Waals surface area contributed by atoms with Crippen LogP contribution in [0.2, 0.25) is 0 Å². The van der Waals surface area contributed by atoms with Crippen molar-refractivity contribution in [2.45, 2.75) is 11.1 Å². The number of ether oxygens (including phenoxy) is 1. The molecule has 6 heteroatoms. The number of halogens is 2. The molecule has 0 heterocycles. The van der Waals surface area contributed by atoms with Crippen LogP contribution in [-0.2, 0) is 4.21 Å². The van der Waals surface area contributed by atoms with E-state index in [9.17, 15) is 4.79 Å². The predicted molar refractivity (Wildman–Crippen MR) is 99.0 cm³/mol. The van der Waals surface area contributed by atoms with Gasteiger partial charge in [0.05, 0.1) is 22.7 Å². The Balaban J connectivity index is 2.23. The van der Waals surface area contributed by atoms with Gasteiger partial charge in [-0.25, -0.2) is 0 Å². The molecule has 3 nitrogen and oxygen atoms in total. The highest BCUT2D eigenvalue weighted by Crippen LogP contribution is 2.44. The molecular formula is C16H14ClIO3S. The Kier molecular flexibility index (Phi) is 6.00. The molecular weight excluding hydrogens is 435 g/mol. The first-order valence-corrected chi connectivity index (χ1v) is 8.60. The van der Waals surface area contributed by atoms with Crippen molar-refractivity contribution in [3.05, 3.63) is 57.2 Å². The summed E-state index contributed by atoms with van der Waals surface area (Å²) < 4.78 is 11.2. The highest BCUT2D eigenvalue weighted by atomic mass is 127. The maximum absolute atomic E-state index is 10.9. The Morgan fingerprint density at radius 2 is 1.95 bits per heavy atom. The molecule has 1 atom stereocenters. The van der Waals surface area contributed by atoms with Crippen molar-refractivity contribution in [1.82, 2.24) is 0 Å². The van der Waals surface area contributed by atoms with E-state index in [4.69, 9.17) is 20.5 Å². The lowest BCUT2D eigenvalue weighted by Gasteiger charge is -2.22. The average molecular weight is 449 g/mol. The molecule has 0 fully saturated rings. The Labute approximate surface area is 152 Å². The van der Waals surface area contributed by atoms with Crippen molar-refractivity contribution in [3.63, 3.8) is 0 Å². The van der Waals surface area contributed by atoms with Gasteiger partial charge in [0.15, 0.2) is 11.5 Å². The zero-order valence-corrected chi connectivity index (χ0v) is 15.7. The summed E-state index contributed by atoms with van der Waals surface area (Å²) in [6.45, 7) is 1.87. The standard InChI is InChI=1S/C16H14ClIO3S/c1-16(17,12-6-4-3-5-7-12)22-21-15-13(18)8-11(10-19)9-14(15)20-2/h3-10H,1-2H3. The van der Waals surface area contributed by atoms with Crippen LogP contribution in [0.1, 0.15) is 22.8 Å². The van der Waals surface area contributed by atoms with Crippen molar-refractivity contribution in [2.24, 2.45) is 0 Å². The molecule has 2 rings (SSSR count). The van der Waals surface area contributed by atoms with E-state index in [1.807, 2.05) is 37.3 Å². The normalized spacial score (nSPS) is 13.3. The molecule has 0 amide bonds. The van der Waals surface area contributed by atoms with E-state index in [1.165, 1.54) is 7.11 Å². The van der Waals surface area contributed by atoms with Crippen molar-refractivity contribution >= 4 is 52.5 Å². The number of benzene rings is 2. The molecule has 0 aromatic heterocycles. The van der Waals surface area contributed by atoms with E-state index in [-0.39, 0.29) is 0 Å². The molecule has 0 radical (unpaired) electrons. The molecule has 0 spiro atoms. The number of hydrogen-bond acceptors (Lipinski definition) is 4. The van der Waals surface area contributed by atoms with Crippen molar-refractivity contribution < 1.29 is 13.7 Å². The maximum atomic E-state index is 10.9. The van der Waals surface area contributed by atoms with Gasteiger partial charge >= 0.3 is 0 Å². The summed E-state index contributed by atoms with van der Waals surface area (Å²) in [7, 11) is 1.54. The Morgan fingerprint density at radius 1 is 1.27 bits per heavy atom. The van der Waals surface area contributed by atoms with Gasteiger partial charge in [0, 0.05) is 5.56 Å². The molecule has 2 aromatic rings. The smallest absolute Gasteiger partial charge is 0.192 e. The third-order valence-corrected chi connectivity index (χ3v) is 4.97.